The zero-order valence-electron chi connectivity index (χ0n) is 22.8. The third-order valence-corrected chi connectivity index (χ3v) is 7.46. The van der Waals surface area contributed by atoms with Gasteiger partial charge in [0.25, 0.3) is 11.8 Å². The van der Waals surface area contributed by atoms with Crippen LogP contribution in [0.2, 0.25) is 0 Å². The number of hydrogen-bond donors (Lipinski definition) is 2. The van der Waals surface area contributed by atoms with E-state index < -0.39 is 18.0 Å². The van der Waals surface area contributed by atoms with Crippen LogP contribution in [0, 0.1) is 0 Å². The fraction of sp³-hybridized carbons (Fsp3) is 0.333. The summed E-state index contributed by atoms with van der Waals surface area (Å²) in [5.41, 5.74) is 5.13. The average molecular weight is 564 g/mol. The van der Waals surface area contributed by atoms with Crippen molar-refractivity contribution in [3.05, 3.63) is 75.7 Å². The molecule has 210 valence electrons. The van der Waals surface area contributed by atoms with Crippen molar-refractivity contribution >= 4 is 40.3 Å². The summed E-state index contributed by atoms with van der Waals surface area (Å²) in [6.45, 7) is 6.15. The minimum Gasteiger partial charge on any atom is -0.494 e. The number of rotatable bonds is 11. The van der Waals surface area contributed by atoms with Gasteiger partial charge in [0, 0.05) is 10.4 Å². The Morgan fingerprint density at radius 3 is 2.38 bits per heavy atom. The molecule has 40 heavy (non-hydrogen) atoms. The van der Waals surface area contributed by atoms with Gasteiger partial charge in [0.1, 0.15) is 16.5 Å². The van der Waals surface area contributed by atoms with Crippen LogP contribution in [-0.4, -0.2) is 43.3 Å². The van der Waals surface area contributed by atoms with Crippen LogP contribution in [-0.2, 0) is 22.4 Å². The van der Waals surface area contributed by atoms with E-state index in [9.17, 15) is 14.4 Å². The highest BCUT2D eigenvalue weighted by Crippen LogP contribution is 2.38. The molecule has 0 spiro atoms. The number of aryl methyl sites for hydroxylation is 1. The zero-order chi connectivity index (χ0) is 28.5. The van der Waals surface area contributed by atoms with Crippen molar-refractivity contribution in [2.75, 3.05) is 18.5 Å². The number of amides is 2. The van der Waals surface area contributed by atoms with Gasteiger partial charge in [0.05, 0.1) is 25.0 Å². The van der Waals surface area contributed by atoms with Gasteiger partial charge in [-0.25, -0.2) is 10.2 Å². The van der Waals surface area contributed by atoms with Crippen LogP contribution in [0.5, 0.6) is 11.5 Å². The molecule has 1 aromatic heterocycles. The lowest BCUT2D eigenvalue weighted by molar-refractivity contribution is -0.127. The average Bonchev–Trinajstić information content (AvgIpc) is 3.32. The topological polar surface area (TPSA) is 115 Å². The highest BCUT2D eigenvalue weighted by Gasteiger charge is 2.27. The first-order chi connectivity index (χ1) is 19.4. The third-order valence-electron chi connectivity index (χ3n) is 6.26. The Balaban J connectivity index is 1.33. The molecule has 0 saturated carbocycles. The zero-order valence-corrected chi connectivity index (χ0v) is 23.6. The quantitative estimate of drug-likeness (QED) is 0.184. The Hall–Kier alpha value is -4.18. The fourth-order valence-electron chi connectivity index (χ4n) is 4.27. The standard InChI is InChI=1S/C30H33N3O6S/c1-4-37-22-14-10-20(11-15-22)18-31-33-27(34)19(3)39-23-16-12-21(13-17-23)28(35)32-29-26(30(36)38-5-2)24-8-6-7-9-25(24)40-29/h10-19H,4-9H2,1-3H3,(H,32,35)(H,33,34)/b31-18-/t19-/m0/s1. The number of nitrogens with one attached hydrogen (secondary N) is 2. The summed E-state index contributed by atoms with van der Waals surface area (Å²) in [6, 6.07) is 13.8. The van der Waals surface area contributed by atoms with Crippen LogP contribution in [0.4, 0.5) is 5.00 Å². The normalized spacial score (nSPS) is 13.3. The van der Waals surface area contributed by atoms with Crippen molar-refractivity contribution < 1.29 is 28.6 Å². The van der Waals surface area contributed by atoms with Crippen LogP contribution >= 0.6 is 11.3 Å². The first-order valence-electron chi connectivity index (χ1n) is 13.3. The Bertz CT molecular complexity index is 1370. The first-order valence-corrected chi connectivity index (χ1v) is 14.2. The summed E-state index contributed by atoms with van der Waals surface area (Å²) in [6.07, 6.45) is 4.49. The molecule has 1 heterocycles. The van der Waals surface area contributed by atoms with E-state index >= 15 is 0 Å². The molecule has 1 aliphatic rings. The van der Waals surface area contributed by atoms with Gasteiger partial charge in [-0.1, -0.05) is 0 Å². The number of benzene rings is 2. The monoisotopic (exact) mass is 563 g/mol. The Morgan fingerprint density at radius 2 is 1.68 bits per heavy atom. The van der Waals surface area contributed by atoms with Crippen LogP contribution in [0.25, 0.3) is 0 Å². The molecule has 0 radical (unpaired) electrons. The molecule has 0 fully saturated rings. The molecule has 0 saturated heterocycles. The second-order valence-corrected chi connectivity index (χ2v) is 10.2. The maximum absolute atomic E-state index is 13.0. The van der Waals surface area contributed by atoms with E-state index in [1.54, 1.807) is 38.1 Å². The van der Waals surface area contributed by atoms with Crippen molar-refractivity contribution in [3.63, 3.8) is 0 Å². The van der Waals surface area contributed by atoms with Gasteiger partial charge >= 0.3 is 5.97 Å². The third kappa shape index (κ3) is 7.26. The van der Waals surface area contributed by atoms with E-state index in [1.165, 1.54) is 17.6 Å². The lowest BCUT2D eigenvalue weighted by Crippen LogP contribution is -2.33. The number of ether oxygens (including phenoxy) is 3. The molecule has 2 aromatic carbocycles. The predicted octanol–water partition coefficient (Wildman–Crippen LogP) is 5.37. The minimum atomic E-state index is -0.818. The summed E-state index contributed by atoms with van der Waals surface area (Å²) in [7, 11) is 0. The van der Waals surface area contributed by atoms with Crippen molar-refractivity contribution in [2.24, 2.45) is 5.10 Å². The van der Waals surface area contributed by atoms with E-state index in [4.69, 9.17) is 14.2 Å². The van der Waals surface area contributed by atoms with Gasteiger partial charge in [-0.3, -0.25) is 9.59 Å². The molecular formula is C30H33N3O6S. The molecule has 10 heteroatoms. The number of esters is 1. The molecule has 1 aliphatic carbocycles. The summed E-state index contributed by atoms with van der Waals surface area (Å²) >= 11 is 1.44. The Morgan fingerprint density at radius 1 is 0.975 bits per heavy atom. The number of fused-ring (bicyclic) bond motifs is 1. The number of carbonyl (C=O) groups excluding carboxylic acids is 3. The highest BCUT2D eigenvalue weighted by atomic mass is 32.1. The molecular weight excluding hydrogens is 530 g/mol. The van der Waals surface area contributed by atoms with Crippen molar-refractivity contribution in [3.8, 4) is 11.5 Å². The SMILES string of the molecule is CCOC(=O)c1c(NC(=O)c2ccc(O[C@@H](C)C(=O)N/N=C\c3ccc(OCC)cc3)cc2)sc2c1CCCC2. The van der Waals surface area contributed by atoms with E-state index in [2.05, 4.69) is 15.8 Å². The van der Waals surface area contributed by atoms with Crippen molar-refractivity contribution in [1.82, 2.24) is 5.43 Å². The van der Waals surface area contributed by atoms with Gasteiger partial charge in [-0.2, -0.15) is 5.10 Å². The van der Waals surface area contributed by atoms with Gasteiger partial charge < -0.3 is 19.5 Å². The highest BCUT2D eigenvalue weighted by molar-refractivity contribution is 7.17. The van der Waals surface area contributed by atoms with Gasteiger partial charge in [0.2, 0.25) is 0 Å². The van der Waals surface area contributed by atoms with Crippen LogP contribution in [0.1, 0.15) is 70.3 Å². The van der Waals surface area contributed by atoms with E-state index in [1.807, 2.05) is 31.2 Å². The molecule has 0 bridgehead atoms. The molecule has 4 rings (SSSR count). The minimum absolute atomic E-state index is 0.268. The van der Waals surface area contributed by atoms with Crippen molar-refractivity contribution in [2.45, 2.75) is 52.6 Å². The summed E-state index contributed by atoms with van der Waals surface area (Å²) in [5.74, 6) is 0.0219. The molecule has 2 amide bonds. The van der Waals surface area contributed by atoms with Crippen molar-refractivity contribution in [1.29, 1.82) is 0 Å². The number of thiophene rings is 1. The van der Waals surface area contributed by atoms with Crippen LogP contribution < -0.4 is 20.2 Å². The van der Waals surface area contributed by atoms with Crippen LogP contribution in [0.15, 0.2) is 53.6 Å². The second kappa shape index (κ2) is 13.7. The maximum atomic E-state index is 13.0. The van der Waals surface area contributed by atoms with E-state index in [0.29, 0.717) is 28.5 Å². The largest absolute Gasteiger partial charge is 0.494 e. The number of hydrazone groups is 1. The summed E-state index contributed by atoms with van der Waals surface area (Å²) < 4.78 is 16.4. The first kappa shape index (κ1) is 28.8. The van der Waals surface area contributed by atoms with Gasteiger partial charge in [-0.05, 0) is 106 Å². The van der Waals surface area contributed by atoms with Crippen LogP contribution in [0.3, 0.4) is 0 Å². The lowest BCUT2D eigenvalue weighted by Gasteiger charge is -2.13. The van der Waals surface area contributed by atoms with Gasteiger partial charge in [-0.15, -0.1) is 11.3 Å². The van der Waals surface area contributed by atoms with E-state index in [0.717, 1.165) is 47.4 Å². The predicted molar refractivity (Wildman–Crippen MR) is 155 cm³/mol. The molecule has 0 aliphatic heterocycles. The number of nitrogens with zero attached hydrogens (tertiary/aromatic N) is 1. The second-order valence-electron chi connectivity index (χ2n) is 9.11. The summed E-state index contributed by atoms with van der Waals surface area (Å²) in [4.78, 5) is 39.2. The maximum Gasteiger partial charge on any atom is 0.341 e. The molecule has 3 aromatic rings. The Labute approximate surface area is 237 Å². The molecule has 1 atom stereocenters. The van der Waals surface area contributed by atoms with E-state index in [-0.39, 0.29) is 12.5 Å². The fourth-order valence-corrected chi connectivity index (χ4v) is 5.54. The summed E-state index contributed by atoms with van der Waals surface area (Å²) in [5, 5.41) is 7.40. The molecule has 0 unspecified atom stereocenters. The number of hydrogen-bond acceptors (Lipinski definition) is 8. The Kier molecular flexibility index (Phi) is 9.91. The van der Waals surface area contributed by atoms with Gasteiger partial charge in [0.15, 0.2) is 6.10 Å². The smallest absolute Gasteiger partial charge is 0.341 e. The number of anilines is 1. The molecule has 2 N–H and O–H groups in total. The molecule has 9 nitrogen and oxygen atoms in total. The lowest BCUT2D eigenvalue weighted by atomic mass is 9.95. The number of carbonyl (C=O) groups is 3.